The fraction of sp³-hybridized carbons (Fsp3) is 0.633. The number of aliphatic imine (C=N–C) groups is 1. The van der Waals surface area contributed by atoms with Gasteiger partial charge in [0.2, 0.25) is 17.7 Å². The summed E-state index contributed by atoms with van der Waals surface area (Å²) in [4.78, 5) is 60.8. The Hall–Kier alpha value is -3.25. The normalized spacial score (nSPS) is 18.6. The molecule has 3 atom stereocenters. The average molecular weight is 655 g/mol. The van der Waals surface area contributed by atoms with E-state index in [9.17, 15) is 24.3 Å². The topological polar surface area (TPSA) is 175 Å². The molecule has 6 N–H and O–H groups in total. The van der Waals surface area contributed by atoms with Crippen molar-refractivity contribution in [2.24, 2.45) is 16.5 Å². The molecule has 2 saturated heterocycles. The van der Waals surface area contributed by atoms with Crippen LogP contribution in [-0.2, 0) is 25.6 Å². The van der Waals surface area contributed by atoms with Crippen LogP contribution in [0.3, 0.4) is 0 Å². The van der Waals surface area contributed by atoms with Crippen LogP contribution < -0.4 is 21.7 Å². The molecule has 0 aromatic heterocycles. The number of amides is 3. The quantitative estimate of drug-likeness (QED) is 0.0853. The fourth-order valence-corrected chi connectivity index (χ4v) is 6.30. The Kier molecular flexibility index (Phi) is 14.3. The maximum atomic E-state index is 13.4. The summed E-state index contributed by atoms with van der Waals surface area (Å²) in [6.07, 6.45) is 4.41. The number of guanidine groups is 1. The molecule has 2 aliphatic heterocycles. The number of alkyl halides is 2. The van der Waals surface area contributed by atoms with E-state index in [1.54, 1.807) is 4.90 Å². The number of nitrogens with zero attached hydrogens (tertiary/aromatic N) is 4. The van der Waals surface area contributed by atoms with Crippen molar-refractivity contribution < 1.29 is 24.3 Å². The van der Waals surface area contributed by atoms with Crippen molar-refractivity contribution in [2.45, 2.75) is 75.9 Å². The monoisotopic (exact) mass is 653 g/mol. The minimum atomic E-state index is -1.07. The third kappa shape index (κ3) is 10.2. The number of aliphatic carboxylic acids is 1. The smallest absolute Gasteiger partial charge is 0.326 e. The Labute approximate surface area is 269 Å². The second kappa shape index (κ2) is 17.9. The van der Waals surface area contributed by atoms with E-state index >= 15 is 0 Å². The Morgan fingerprint density at radius 3 is 2.23 bits per heavy atom. The van der Waals surface area contributed by atoms with Gasteiger partial charge in [0.25, 0.3) is 0 Å². The Morgan fingerprint density at radius 1 is 0.977 bits per heavy atom. The second-order valence-corrected chi connectivity index (χ2v) is 11.9. The van der Waals surface area contributed by atoms with Gasteiger partial charge in [0, 0.05) is 56.6 Å². The van der Waals surface area contributed by atoms with Crippen molar-refractivity contribution in [3.05, 3.63) is 29.8 Å². The highest BCUT2D eigenvalue weighted by Gasteiger charge is 2.40. The summed E-state index contributed by atoms with van der Waals surface area (Å²) >= 11 is 11.8. The molecule has 2 heterocycles. The number of carbonyl (C=O) groups is 4. The van der Waals surface area contributed by atoms with E-state index in [0.717, 1.165) is 11.3 Å². The van der Waals surface area contributed by atoms with Gasteiger partial charge < -0.3 is 36.6 Å². The summed E-state index contributed by atoms with van der Waals surface area (Å²) in [6.45, 7) is 2.46. The molecule has 3 rings (SSSR count). The van der Waals surface area contributed by atoms with Crippen LogP contribution in [0.25, 0.3) is 0 Å². The van der Waals surface area contributed by atoms with Gasteiger partial charge in [-0.1, -0.05) is 12.1 Å². The summed E-state index contributed by atoms with van der Waals surface area (Å²) in [7, 11) is 0. The second-order valence-electron chi connectivity index (χ2n) is 11.2. The lowest BCUT2D eigenvalue weighted by atomic mass is 10.1. The van der Waals surface area contributed by atoms with Crippen molar-refractivity contribution in [2.75, 3.05) is 49.4 Å². The van der Waals surface area contributed by atoms with E-state index < -0.39 is 35.9 Å². The van der Waals surface area contributed by atoms with Crippen LogP contribution in [0.2, 0.25) is 0 Å². The van der Waals surface area contributed by atoms with Crippen LogP contribution in [0, 0.1) is 0 Å². The Bertz CT molecular complexity index is 1140. The molecule has 0 spiro atoms. The predicted octanol–water partition coefficient (Wildman–Crippen LogP) is 1.90. The number of anilines is 1. The zero-order chi connectivity index (χ0) is 32.1. The molecule has 0 aliphatic carbocycles. The lowest BCUT2D eigenvalue weighted by molar-refractivity contribution is -0.149. The first-order valence-electron chi connectivity index (χ1n) is 15.3. The van der Waals surface area contributed by atoms with Gasteiger partial charge in [-0.25, -0.2) is 4.79 Å². The summed E-state index contributed by atoms with van der Waals surface area (Å²) in [6, 6.07) is 5.61. The van der Waals surface area contributed by atoms with Gasteiger partial charge in [0.15, 0.2) is 5.96 Å². The number of rotatable bonds is 17. The maximum Gasteiger partial charge on any atom is 0.326 e. The van der Waals surface area contributed by atoms with Crippen LogP contribution in [0.4, 0.5) is 5.69 Å². The average Bonchev–Trinajstić information content (AvgIpc) is 3.69. The molecule has 1 aromatic rings. The lowest BCUT2D eigenvalue weighted by Gasteiger charge is -2.30. The first-order chi connectivity index (χ1) is 21.2. The number of nitrogens with one attached hydrogen (secondary N) is 1. The molecule has 2 fully saturated rings. The van der Waals surface area contributed by atoms with Gasteiger partial charge in [0.05, 0.1) is 0 Å². The molecule has 0 bridgehead atoms. The van der Waals surface area contributed by atoms with Crippen molar-refractivity contribution in [1.82, 2.24) is 15.1 Å². The number of aryl methyl sites for hydroxylation is 1. The van der Waals surface area contributed by atoms with Crippen molar-refractivity contribution in [1.29, 1.82) is 0 Å². The third-order valence-corrected chi connectivity index (χ3v) is 8.46. The van der Waals surface area contributed by atoms with Crippen LogP contribution in [-0.4, -0.2) is 107 Å². The zero-order valence-corrected chi connectivity index (χ0v) is 26.6. The van der Waals surface area contributed by atoms with Gasteiger partial charge in [-0.15, -0.1) is 23.2 Å². The Balaban J connectivity index is 1.58. The number of carboxylic acids is 1. The molecule has 244 valence electrons. The van der Waals surface area contributed by atoms with Crippen LogP contribution >= 0.6 is 23.2 Å². The molecule has 14 heteroatoms. The van der Waals surface area contributed by atoms with Crippen molar-refractivity contribution in [3.63, 3.8) is 0 Å². The van der Waals surface area contributed by atoms with Gasteiger partial charge in [-0.2, -0.15) is 0 Å². The van der Waals surface area contributed by atoms with E-state index in [1.165, 1.54) is 4.90 Å². The molecule has 12 nitrogen and oxygen atoms in total. The van der Waals surface area contributed by atoms with Gasteiger partial charge in [-0.3, -0.25) is 19.4 Å². The zero-order valence-electron chi connectivity index (χ0n) is 25.1. The molecule has 3 amide bonds. The highest BCUT2D eigenvalue weighted by Crippen LogP contribution is 2.23. The summed E-state index contributed by atoms with van der Waals surface area (Å²) in [5.41, 5.74) is 13.0. The minimum Gasteiger partial charge on any atom is -0.480 e. The SMILES string of the molecule is NC(N)=NCCC[C@H](NC(=O)[C@@H]1CCCN1C(=O)CCCc1ccc(N(CCCl)CCCl)cc1)C(=O)N1CCC[C@H]1C(=O)O. The van der Waals surface area contributed by atoms with Gasteiger partial charge in [-0.05, 0) is 69.1 Å². The number of hydrogen-bond acceptors (Lipinski definition) is 6. The van der Waals surface area contributed by atoms with Gasteiger partial charge in [0.1, 0.15) is 18.1 Å². The first kappa shape index (κ1) is 35.2. The highest BCUT2D eigenvalue weighted by molar-refractivity contribution is 6.18. The van der Waals surface area contributed by atoms with Crippen molar-refractivity contribution in [3.8, 4) is 0 Å². The molecular formula is C30H45Cl2N7O5. The lowest BCUT2D eigenvalue weighted by Crippen LogP contribution is -2.55. The maximum absolute atomic E-state index is 13.4. The van der Waals surface area contributed by atoms with Crippen LogP contribution in [0.15, 0.2) is 29.3 Å². The van der Waals surface area contributed by atoms with E-state index in [0.29, 0.717) is 89.3 Å². The van der Waals surface area contributed by atoms with Crippen LogP contribution in [0.1, 0.15) is 56.9 Å². The number of hydrogen-bond donors (Lipinski definition) is 4. The van der Waals surface area contributed by atoms with Crippen molar-refractivity contribution >= 4 is 58.5 Å². The molecule has 2 aliphatic rings. The van der Waals surface area contributed by atoms with E-state index in [1.807, 2.05) is 24.3 Å². The summed E-state index contributed by atoms with van der Waals surface area (Å²) in [5, 5.41) is 12.4. The number of carbonyl (C=O) groups excluding carboxylic acids is 3. The summed E-state index contributed by atoms with van der Waals surface area (Å²) < 4.78 is 0. The first-order valence-corrected chi connectivity index (χ1v) is 16.4. The molecule has 0 unspecified atom stereocenters. The number of likely N-dealkylation sites (tertiary alicyclic amines) is 2. The molecule has 44 heavy (non-hydrogen) atoms. The number of benzene rings is 1. The number of carboxylic acid groups (broad SMARTS) is 1. The van der Waals surface area contributed by atoms with E-state index in [4.69, 9.17) is 34.7 Å². The molecule has 0 saturated carbocycles. The highest BCUT2D eigenvalue weighted by atomic mass is 35.5. The van der Waals surface area contributed by atoms with Crippen LogP contribution in [0.5, 0.6) is 0 Å². The molecule has 0 radical (unpaired) electrons. The van der Waals surface area contributed by atoms with Gasteiger partial charge >= 0.3 is 5.97 Å². The molecular weight excluding hydrogens is 609 g/mol. The van der Waals surface area contributed by atoms with E-state index in [2.05, 4.69) is 15.2 Å². The number of nitrogens with two attached hydrogens (primary N) is 2. The minimum absolute atomic E-state index is 0.0734. The van der Waals surface area contributed by atoms with E-state index in [-0.39, 0.29) is 24.8 Å². The Morgan fingerprint density at radius 2 is 1.61 bits per heavy atom. The largest absolute Gasteiger partial charge is 0.480 e. The molecule has 1 aromatic carbocycles. The standard InChI is InChI=1S/C30H45Cl2N7O5/c31-14-19-37(20-15-32)22-12-10-21(11-13-22)5-1-9-26(40)38-17-3-7-24(38)27(41)36-23(6-2-16-35-30(33)34)28(42)39-18-4-8-25(39)29(43)44/h10-13,23-25H,1-9,14-20H2,(H,36,41)(H,43,44)(H4,33,34,35)/t23-,24-,25-/m0/s1. The third-order valence-electron chi connectivity index (χ3n) is 8.12. The fourth-order valence-electron chi connectivity index (χ4n) is 5.89. The predicted molar refractivity (Wildman–Crippen MR) is 172 cm³/mol. The number of halogens is 2. The summed E-state index contributed by atoms with van der Waals surface area (Å²) in [5.74, 6) is -1.07.